The molecule has 0 fully saturated rings. The van der Waals surface area contributed by atoms with E-state index in [9.17, 15) is 9.18 Å². The highest BCUT2D eigenvalue weighted by molar-refractivity contribution is 6.04. The van der Waals surface area contributed by atoms with E-state index >= 15 is 0 Å². The largest absolute Gasteiger partial charge is 0.313 e. The third-order valence-electron chi connectivity index (χ3n) is 2.59. The normalized spacial score (nSPS) is 10.6. The summed E-state index contributed by atoms with van der Waals surface area (Å²) in [5.74, 6) is 3.93. The molecule has 1 aromatic rings. The predicted molar refractivity (Wildman–Crippen MR) is 71.9 cm³/mol. The van der Waals surface area contributed by atoms with Crippen LogP contribution in [0.4, 0.5) is 10.1 Å². The summed E-state index contributed by atoms with van der Waals surface area (Å²) in [6, 6.07) is 3.37. The molecule has 0 aliphatic carbocycles. The number of hydrogen-bond acceptors (Lipinski definition) is 1. The summed E-state index contributed by atoms with van der Waals surface area (Å²) in [7, 11) is 0. The number of carbonyl (C=O) groups is 1. The Morgan fingerprint density at radius 3 is 2.44 bits per heavy atom. The molecule has 0 saturated heterocycles. The van der Waals surface area contributed by atoms with Crippen LogP contribution in [0.5, 0.6) is 0 Å². The molecule has 0 saturated carbocycles. The van der Waals surface area contributed by atoms with E-state index in [1.165, 1.54) is 0 Å². The smallest absolute Gasteiger partial charge is 0.300 e. The Morgan fingerprint density at radius 1 is 1.33 bits per heavy atom. The molecule has 18 heavy (non-hydrogen) atoms. The van der Waals surface area contributed by atoms with Gasteiger partial charge in [0.25, 0.3) is 5.91 Å². The molecule has 1 rings (SSSR count). The van der Waals surface area contributed by atoms with Gasteiger partial charge >= 0.3 is 0 Å². The molecule has 96 valence electrons. The summed E-state index contributed by atoms with van der Waals surface area (Å²) in [4.78, 5) is 11.4. The number of halogens is 1. The van der Waals surface area contributed by atoms with Crippen LogP contribution in [0.2, 0.25) is 0 Å². The van der Waals surface area contributed by atoms with Gasteiger partial charge in [-0.3, -0.25) is 4.79 Å². The van der Waals surface area contributed by atoms with Gasteiger partial charge in [-0.15, -0.1) is 0 Å². The number of rotatable bonds is 1. The lowest BCUT2D eigenvalue weighted by atomic mass is 9.83. The zero-order valence-corrected chi connectivity index (χ0v) is 11.4. The van der Waals surface area contributed by atoms with Crippen LogP contribution in [-0.4, -0.2) is 5.91 Å². The fourth-order valence-corrected chi connectivity index (χ4v) is 1.96. The molecule has 2 nitrogen and oxygen atoms in total. The van der Waals surface area contributed by atoms with Crippen molar-refractivity contribution in [2.75, 3.05) is 5.32 Å². The van der Waals surface area contributed by atoms with Crippen molar-refractivity contribution in [3.63, 3.8) is 0 Å². The average Bonchev–Trinajstić information content (AvgIpc) is 2.21. The van der Waals surface area contributed by atoms with Crippen LogP contribution in [0.3, 0.4) is 0 Å². The number of nitrogens with one attached hydrogen (secondary N) is 1. The lowest BCUT2D eigenvalue weighted by Gasteiger charge is -2.23. The maximum Gasteiger partial charge on any atom is 0.300 e. The molecule has 1 N–H and O–H groups in total. The van der Waals surface area contributed by atoms with Gasteiger partial charge in [0, 0.05) is 0 Å². The minimum Gasteiger partial charge on any atom is -0.313 e. The van der Waals surface area contributed by atoms with Gasteiger partial charge in [-0.25, -0.2) is 4.39 Å². The van der Waals surface area contributed by atoms with Crippen LogP contribution in [0.25, 0.3) is 0 Å². The van der Waals surface area contributed by atoms with Crippen molar-refractivity contribution in [1.29, 1.82) is 0 Å². The second-order valence-corrected chi connectivity index (χ2v) is 5.20. The Morgan fingerprint density at radius 2 is 1.94 bits per heavy atom. The number of carbonyl (C=O) groups excluding carboxylic acids is 1. The predicted octanol–water partition coefficient (Wildman–Crippen LogP) is 3.39. The van der Waals surface area contributed by atoms with E-state index in [1.807, 2.05) is 27.7 Å². The van der Waals surface area contributed by atoms with Gasteiger partial charge in [0.1, 0.15) is 0 Å². The fourth-order valence-electron chi connectivity index (χ4n) is 1.96. The molecular weight excluding hydrogens is 229 g/mol. The quantitative estimate of drug-likeness (QED) is 0.757. The number of anilines is 1. The Balaban J connectivity index is 3.24. The molecule has 0 aliphatic heterocycles. The van der Waals surface area contributed by atoms with Gasteiger partial charge in [-0.1, -0.05) is 32.8 Å². The van der Waals surface area contributed by atoms with Crippen LogP contribution in [0.1, 0.15) is 38.8 Å². The summed E-state index contributed by atoms with van der Waals surface area (Å²) in [5, 5.41) is 2.46. The molecule has 0 aromatic heterocycles. The van der Waals surface area contributed by atoms with Gasteiger partial charge in [-0.05, 0) is 42.4 Å². The number of benzene rings is 1. The van der Waals surface area contributed by atoms with E-state index in [0.29, 0.717) is 5.56 Å². The Hall–Kier alpha value is -1.82. The minimum atomic E-state index is -0.500. The van der Waals surface area contributed by atoms with Crippen LogP contribution in [-0.2, 0) is 10.2 Å². The van der Waals surface area contributed by atoms with Crippen LogP contribution >= 0.6 is 0 Å². The summed E-state index contributed by atoms with van der Waals surface area (Å²) in [5.41, 5.74) is 1.35. The molecule has 0 heterocycles. The molecule has 0 aliphatic rings. The van der Waals surface area contributed by atoms with Gasteiger partial charge in [0.15, 0.2) is 5.82 Å². The monoisotopic (exact) mass is 247 g/mol. The van der Waals surface area contributed by atoms with Crippen LogP contribution < -0.4 is 5.32 Å². The van der Waals surface area contributed by atoms with E-state index in [-0.39, 0.29) is 16.9 Å². The molecule has 1 aromatic carbocycles. The molecular formula is C15H18FNO. The Kier molecular flexibility index (Phi) is 4.13. The van der Waals surface area contributed by atoms with Gasteiger partial charge in [0.05, 0.1) is 5.69 Å². The van der Waals surface area contributed by atoms with Crippen molar-refractivity contribution >= 4 is 11.6 Å². The molecule has 1 amide bonds. The van der Waals surface area contributed by atoms with Gasteiger partial charge in [0.2, 0.25) is 0 Å². The van der Waals surface area contributed by atoms with Crippen molar-refractivity contribution in [1.82, 2.24) is 0 Å². The molecule has 3 heteroatoms. The molecule has 0 radical (unpaired) electrons. The molecule has 0 atom stereocenters. The maximum absolute atomic E-state index is 14.4. The van der Waals surface area contributed by atoms with E-state index in [1.54, 1.807) is 19.1 Å². The lowest BCUT2D eigenvalue weighted by molar-refractivity contribution is -0.111. The fraction of sp³-hybridized carbons (Fsp3) is 0.400. The molecule has 0 bridgehead atoms. The first-order valence-corrected chi connectivity index (χ1v) is 5.80. The van der Waals surface area contributed by atoms with E-state index in [0.717, 1.165) is 5.56 Å². The topological polar surface area (TPSA) is 29.1 Å². The number of amides is 1. The van der Waals surface area contributed by atoms with Crippen LogP contribution in [0.15, 0.2) is 12.1 Å². The van der Waals surface area contributed by atoms with Gasteiger partial charge in [-0.2, -0.15) is 0 Å². The second-order valence-electron chi connectivity index (χ2n) is 5.20. The van der Waals surface area contributed by atoms with Crippen molar-refractivity contribution in [3.05, 3.63) is 29.1 Å². The summed E-state index contributed by atoms with van der Waals surface area (Å²) >= 11 is 0. The average molecular weight is 247 g/mol. The summed E-state index contributed by atoms with van der Waals surface area (Å²) in [6.07, 6.45) is 0. The zero-order chi connectivity index (χ0) is 13.9. The van der Waals surface area contributed by atoms with Crippen molar-refractivity contribution in [2.45, 2.75) is 40.0 Å². The zero-order valence-electron chi connectivity index (χ0n) is 11.4. The van der Waals surface area contributed by atoms with Crippen LogP contribution in [0, 0.1) is 24.6 Å². The summed E-state index contributed by atoms with van der Waals surface area (Å²) in [6.45, 7) is 9.24. The highest BCUT2D eigenvalue weighted by atomic mass is 19.1. The van der Waals surface area contributed by atoms with E-state index in [4.69, 9.17) is 0 Å². The minimum absolute atomic E-state index is 0.179. The number of hydrogen-bond donors (Lipinski definition) is 1. The SMILES string of the molecule is CC#CC(=O)Nc1ccc(C)c(C(C)(C)C)c1F. The first-order chi connectivity index (χ1) is 8.27. The summed E-state index contributed by atoms with van der Waals surface area (Å²) < 4.78 is 14.4. The number of aryl methyl sites for hydroxylation is 1. The standard InChI is InChI=1S/C15H18FNO/c1-6-7-12(18)17-11-9-8-10(2)13(14(11)16)15(3,4)5/h8-9H,1-5H3,(H,17,18). The third-order valence-corrected chi connectivity index (χ3v) is 2.59. The lowest BCUT2D eigenvalue weighted by Crippen LogP contribution is -2.18. The van der Waals surface area contributed by atoms with Crippen molar-refractivity contribution in [2.24, 2.45) is 0 Å². The highest BCUT2D eigenvalue weighted by Crippen LogP contribution is 2.32. The molecule has 0 spiro atoms. The van der Waals surface area contributed by atoms with E-state index in [2.05, 4.69) is 17.2 Å². The highest BCUT2D eigenvalue weighted by Gasteiger charge is 2.23. The van der Waals surface area contributed by atoms with Crippen molar-refractivity contribution in [3.8, 4) is 11.8 Å². The van der Waals surface area contributed by atoms with Crippen molar-refractivity contribution < 1.29 is 9.18 Å². The Labute approximate surface area is 108 Å². The third kappa shape index (κ3) is 3.10. The van der Waals surface area contributed by atoms with Gasteiger partial charge < -0.3 is 5.32 Å². The maximum atomic E-state index is 14.4. The molecule has 0 unspecified atom stereocenters. The first-order valence-electron chi connectivity index (χ1n) is 5.80. The Bertz CT molecular complexity index is 530. The second kappa shape index (κ2) is 5.22. The van der Waals surface area contributed by atoms with E-state index < -0.39 is 5.91 Å². The first kappa shape index (κ1) is 14.2.